The van der Waals surface area contributed by atoms with Crippen molar-refractivity contribution < 1.29 is 46.1 Å². The number of hydrogen-bond acceptors (Lipinski definition) is 14. The van der Waals surface area contributed by atoms with E-state index in [1.165, 1.54) is 54.6 Å². The average Bonchev–Trinajstić information content (AvgIpc) is 3.09. The van der Waals surface area contributed by atoms with Gasteiger partial charge < -0.3 is 21.1 Å². The fourth-order valence-corrected chi connectivity index (χ4v) is 6.13. The summed E-state index contributed by atoms with van der Waals surface area (Å²) in [4.78, 5) is 9.98. The molecule has 0 bridgehead atoms. The highest BCUT2D eigenvalue weighted by Gasteiger charge is 2.22. The molecule has 6 aromatic carbocycles. The number of carbonyl (C=O) groups is 1. The minimum absolute atomic E-state index is 0.0311. The molecule has 0 saturated carbocycles. The monoisotopic (exact) mass is 741 g/mol. The number of anilines is 1. The first-order chi connectivity index (χ1) is 24.6. The summed E-state index contributed by atoms with van der Waals surface area (Å²) in [6, 6.07) is 21.7. The van der Waals surface area contributed by atoms with E-state index >= 15 is 0 Å². The number of azo groups is 3. The van der Waals surface area contributed by atoms with Gasteiger partial charge in [-0.1, -0.05) is 6.07 Å². The van der Waals surface area contributed by atoms with Crippen LogP contribution in [0.1, 0.15) is 10.4 Å². The van der Waals surface area contributed by atoms with Gasteiger partial charge in [0.15, 0.2) is 5.75 Å². The average molecular weight is 742 g/mol. The molecule has 0 amide bonds. The molecule has 17 nitrogen and oxygen atoms in total. The Morgan fingerprint density at radius 3 is 1.79 bits per heavy atom. The quantitative estimate of drug-likeness (QED) is 0.0464. The number of carboxylic acid groups (broad SMARTS) is 1. The number of benzene rings is 6. The summed E-state index contributed by atoms with van der Waals surface area (Å²) in [6.45, 7) is 0. The van der Waals surface area contributed by atoms with Gasteiger partial charge in [0.25, 0.3) is 20.2 Å². The molecule has 0 aliphatic carbocycles. The smallest absolute Gasteiger partial charge is 0.339 e. The molecule has 7 N–H and O–H groups in total. The molecule has 262 valence electrons. The summed E-state index contributed by atoms with van der Waals surface area (Å²) in [5, 5.41) is 55.0. The second-order valence-electron chi connectivity index (χ2n) is 10.9. The van der Waals surface area contributed by atoms with Crippen molar-refractivity contribution in [2.24, 2.45) is 30.7 Å². The van der Waals surface area contributed by atoms with Gasteiger partial charge in [0.2, 0.25) is 0 Å². The number of fused-ring (bicyclic) bond motifs is 2. The van der Waals surface area contributed by atoms with E-state index in [4.69, 9.17) is 10.8 Å². The fourth-order valence-electron chi connectivity index (χ4n) is 4.97. The van der Waals surface area contributed by atoms with Crippen LogP contribution >= 0.6 is 0 Å². The number of aromatic carboxylic acids is 1. The molecule has 0 aliphatic rings. The van der Waals surface area contributed by atoms with E-state index in [9.17, 15) is 40.9 Å². The van der Waals surface area contributed by atoms with Crippen LogP contribution in [-0.4, -0.2) is 47.2 Å². The maximum Gasteiger partial charge on any atom is 0.339 e. The van der Waals surface area contributed by atoms with Gasteiger partial charge in [0.1, 0.15) is 21.9 Å². The lowest BCUT2D eigenvalue weighted by Gasteiger charge is -2.10. The molecule has 6 rings (SSSR count). The van der Waals surface area contributed by atoms with E-state index in [0.29, 0.717) is 16.8 Å². The number of rotatable bonds is 9. The van der Waals surface area contributed by atoms with E-state index in [0.717, 1.165) is 18.2 Å². The van der Waals surface area contributed by atoms with Crippen LogP contribution in [0.5, 0.6) is 11.5 Å². The summed E-state index contributed by atoms with van der Waals surface area (Å²) < 4.78 is 68.1. The lowest BCUT2D eigenvalue weighted by atomic mass is 10.1. The molecule has 19 heteroatoms. The molecule has 0 heterocycles. The zero-order valence-electron chi connectivity index (χ0n) is 26.1. The normalized spacial score (nSPS) is 12.5. The van der Waals surface area contributed by atoms with Crippen molar-refractivity contribution in [1.29, 1.82) is 0 Å². The Morgan fingerprint density at radius 1 is 0.577 bits per heavy atom. The van der Waals surface area contributed by atoms with Crippen LogP contribution in [0.2, 0.25) is 0 Å². The molecular weight excluding hydrogens is 719 g/mol. The summed E-state index contributed by atoms with van der Waals surface area (Å²) in [5.41, 5.74) is 6.28. The van der Waals surface area contributed by atoms with Gasteiger partial charge in [-0.3, -0.25) is 9.11 Å². The lowest BCUT2D eigenvalue weighted by molar-refractivity contribution is 0.0693. The highest BCUT2D eigenvalue weighted by Crippen LogP contribution is 2.43. The zero-order chi connectivity index (χ0) is 37.4. The molecule has 52 heavy (non-hydrogen) atoms. The van der Waals surface area contributed by atoms with Crippen molar-refractivity contribution in [3.63, 3.8) is 0 Å². The molecule has 0 unspecified atom stereocenters. The van der Waals surface area contributed by atoms with E-state index in [1.807, 2.05) is 0 Å². The lowest BCUT2D eigenvalue weighted by Crippen LogP contribution is -1.99. The summed E-state index contributed by atoms with van der Waals surface area (Å²) in [7, 11) is -9.62. The Kier molecular flexibility index (Phi) is 9.17. The van der Waals surface area contributed by atoms with Crippen LogP contribution in [0.3, 0.4) is 0 Å². The predicted molar refractivity (Wildman–Crippen MR) is 188 cm³/mol. The van der Waals surface area contributed by atoms with Gasteiger partial charge in [-0.15, -0.1) is 15.3 Å². The molecule has 0 aromatic heterocycles. The van der Waals surface area contributed by atoms with Crippen molar-refractivity contribution in [2.75, 3.05) is 5.73 Å². The highest BCUT2D eigenvalue weighted by atomic mass is 32.2. The first kappa shape index (κ1) is 35.2. The Morgan fingerprint density at radius 2 is 1.15 bits per heavy atom. The number of hydrogen-bond donors (Lipinski definition) is 6. The van der Waals surface area contributed by atoms with E-state index in [2.05, 4.69) is 30.7 Å². The van der Waals surface area contributed by atoms with E-state index in [1.54, 1.807) is 24.3 Å². The standard InChI is InChI=1S/C33H23N7O10S2/c34-18-1-8-23-17(13-18)14-30(52(48,49)50)31(32(23)42)40-39-28-11-10-27(24-9-7-22(16-25(24)28)51(45,46)47)38-36-20-4-2-19(3-5-20)35-37-21-6-12-29(41)26(15-21)33(43)44/h1-16,41-42H,34H2,(H,43,44)(H,45,46,47)(H,48,49,50). The minimum Gasteiger partial charge on any atom is -0.507 e. The number of phenols is 2. The second-order valence-corrected chi connectivity index (χ2v) is 13.7. The Labute approximate surface area is 293 Å². The van der Waals surface area contributed by atoms with Crippen LogP contribution in [0.4, 0.5) is 39.8 Å². The molecule has 0 atom stereocenters. The number of phenolic OH excluding ortho intramolecular Hbond substituents is 1. The molecule has 0 radical (unpaired) electrons. The van der Waals surface area contributed by atoms with Crippen LogP contribution < -0.4 is 5.73 Å². The van der Waals surface area contributed by atoms with Gasteiger partial charge in [0, 0.05) is 21.8 Å². The van der Waals surface area contributed by atoms with Crippen molar-refractivity contribution in [3.8, 4) is 11.5 Å². The molecule has 0 saturated heterocycles. The highest BCUT2D eigenvalue weighted by molar-refractivity contribution is 7.86. The number of nitrogen functional groups attached to an aromatic ring is 1. The van der Waals surface area contributed by atoms with Crippen LogP contribution in [0, 0.1) is 0 Å². The molecule has 6 aromatic rings. The number of aromatic hydroxyl groups is 2. The van der Waals surface area contributed by atoms with Crippen molar-refractivity contribution in [1.82, 2.24) is 0 Å². The van der Waals surface area contributed by atoms with E-state index in [-0.39, 0.29) is 44.5 Å². The van der Waals surface area contributed by atoms with Crippen LogP contribution in [0.25, 0.3) is 21.5 Å². The van der Waals surface area contributed by atoms with E-state index < -0.39 is 53.2 Å². The topological polar surface area (TPSA) is 287 Å². The van der Waals surface area contributed by atoms with Crippen LogP contribution in [-0.2, 0) is 20.2 Å². The molecule has 0 aliphatic heterocycles. The summed E-state index contributed by atoms with van der Waals surface area (Å²) in [6.07, 6.45) is 0. The molecular formula is C33H23N7O10S2. The second kappa shape index (κ2) is 13.6. The van der Waals surface area contributed by atoms with Gasteiger partial charge >= 0.3 is 5.97 Å². The molecule has 0 spiro atoms. The number of nitrogens with zero attached hydrogens (tertiary/aromatic N) is 6. The third-order valence-electron chi connectivity index (χ3n) is 7.46. The van der Waals surface area contributed by atoms with Gasteiger partial charge in [0.05, 0.1) is 33.3 Å². The SMILES string of the molecule is Nc1ccc2c(O)c(N=Nc3ccc(N=Nc4ccc(N=Nc5ccc(O)c(C(=O)O)c5)cc4)c4ccc(S(=O)(=O)O)cc34)c(S(=O)(=O)O)cc2c1. The Bertz CT molecular complexity index is 2750. The summed E-state index contributed by atoms with van der Waals surface area (Å²) >= 11 is 0. The third-order valence-corrected chi connectivity index (χ3v) is 9.18. The maximum absolute atomic E-state index is 12.3. The molecule has 0 fully saturated rings. The van der Waals surface area contributed by atoms with Crippen molar-refractivity contribution in [3.05, 3.63) is 103 Å². The predicted octanol–water partition coefficient (Wildman–Crippen LogP) is 8.42. The fraction of sp³-hybridized carbons (Fsp3) is 0. The maximum atomic E-state index is 12.3. The van der Waals surface area contributed by atoms with Gasteiger partial charge in [-0.25, -0.2) is 4.79 Å². The largest absolute Gasteiger partial charge is 0.507 e. The Hall–Kier alpha value is -6.67. The zero-order valence-corrected chi connectivity index (χ0v) is 27.7. The Balaban J connectivity index is 1.35. The number of carboxylic acids is 1. The van der Waals surface area contributed by atoms with Crippen LogP contribution in [0.15, 0.2) is 138 Å². The first-order valence-corrected chi connectivity index (χ1v) is 17.4. The first-order valence-electron chi connectivity index (χ1n) is 14.6. The number of nitrogens with two attached hydrogens (primary N) is 1. The minimum atomic E-state index is -4.93. The van der Waals surface area contributed by atoms with Gasteiger partial charge in [-0.2, -0.15) is 32.2 Å². The van der Waals surface area contributed by atoms with Crippen molar-refractivity contribution >= 4 is 87.6 Å². The summed E-state index contributed by atoms with van der Waals surface area (Å²) in [5.74, 6) is -2.35. The third kappa shape index (κ3) is 7.41. The van der Waals surface area contributed by atoms with Crippen molar-refractivity contribution in [2.45, 2.75) is 9.79 Å². The van der Waals surface area contributed by atoms with Gasteiger partial charge in [-0.05, 0) is 96.4 Å².